The molecule has 3 nitrogen and oxygen atoms in total. The lowest BCUT2D eigenvalue weighted by Gasteiger charge is -2.07. The van der Waals surface area contributed by atoms with Crippen LogP contribution in [0.15, 0.2) is 0 Å². The van der Waals surface area contributed by atoms with E-state index in [0.717, 1.165) is 12.8 Å². The van der Waals surface area contributed by atoms with E-state index in [1.54, 1.807) is 6.92 Å². The van der Waals surface area contributed by atoms with Gasteiger partial charge in [-0.15, -0.1) is 11.6 Å². The van der Waals surface area contributed by atoms with Crippen molar-refractivity contribution in [2.75, 3.05) is 6.61 Å². The first-order chi connectivity index (χ1) is 6.61. The molecule has 0 rings (SSSR count). The summed E-state index contributed by atoms with van der Waals surface area (Å²) >= 11 is 5.69. The highest BCUT2D eigenvalue weighted by atomic mass is 35.5. The third kappa shape index (κ3) is 5.97. The van der Waals surface area contributed by atoms with Crippen molar-refractivity contribution in [1.29, 1.82) is 0 Å². The van der Waals surface area contributed by atoms with E-state index in [4.69, 9.17) is 11.6 Å². The van der Waals surface area contributed by atoms with Gasteiger partial charge < -0.3 is 4.74 Å². The largest absolute Gasteiger partial charge is 0.465 e. The minimum atomic E-state index is -0.820. The summed E-state index contributed by atoms with van der Waals surface area (Å²) < 4.78 is 4.69. The Morgan fingerprint density at radius 1 is 1.36 bits per heavy atom. The van der Waals surface area contributed by atoms with Crippen LogP contribution in [-0.2, 0) is 14.3 Å². The van der Waals surface area contributed by atoms with E-state index in [0.29, 0.717) is 13.0 Å². The van der Waals surface area contributed by atoms with Gasteiger partial charge in [0.05, 0.1) is 6.61 Å². The maximum atomic E-state index is 11.2. The van der Waals surface area contributed by atoms with Crippen LogP contribution in [0.2, 0.25) is 0 Å². The molecule has 14 heavy (non-hydrogen) atoms. The number of hydrogen-bond acceptors (Lipinski definition) is 3. The van der Waals surface area contributed by atoms with Crippen molar-refractivity contribution in [3.05, 3.63) is 0 Å². The number of carbonyl (C=O) groups is 2. The molecule has 0 aromatic rings. The summed E-state index contributed by atoms with van der Waals surface area (Å²) in [5.74, 6) is -0.473. The molecule has 0 aliphatic rings. The summed E-state index contributed by atoms with van der Waals surface area (Å²) in [6.45, 7) is 4.02. The van der Waals surface area contributed by atoms with Gasteiger partial charge in [0.15, 0.2) is 0 Å². The van der Waals surface area contributed by atoms with Crippen molar-refractivity contribution in [3.8, 4) is 0 Å². The fourth-order valence-electron chi connectivity index (χ4n) is 0.992. The molecule has 0 saturated carbocycles. The van der Waals surface area contributed by atoms with Gasteiger partial charge in [-0.2, -0.15) is 0 Å². The monoisotopic (exact) mass is 220 g/mol. The topological polar surface area (TPSA) is 43.4 Å². The first-order valence-corrected chi connectivity index (χ1v) is 5.37. The molecule has 0 aromatic heterocycles. The van der Waals surface area contributed by atoms with Crippen LogP contribution in [0.3, 0.4) is 0 Å². The molecule has 0 aliphatic carbocycles. The zero-order valence-corrected chi connectivity index (χ0v) is 9.47. The predicted octanol–water partition coefficient (Wildman–Crippen LogP) is 2.31. The van der Waals surface area contributed by atoms with Crippen molar-refractivity contribution < 1.29 is 14.3 Å². The number of ketones is 1. The standard InChI is InChI=1S/C10H17ClO3/c1-3-5-6-8(12)7-9(11)10(13)14-4-2/h9H,3-7H2,1-2H3. The molecule has 0 N–H and O–H groups in total. The average Bonchev–Trinajstić information content (AvgIpc) is 2.15. The van der Waals surface area contributed by atoms with Crippen molar-refractivity contribution in [3.63, 3.8) is 0 Å². The number of halogens is 1. The Bertz CT molecular complexity index is 192. The summed E-state index contributed by atoms with van der Waals surface area (Å²) in [7, 11) is 0. The van der Waals surface area contributed by atoms with Crippen molar-refractivity contribution in [2.24, 2.45) is 0 Å². The number of hydrogen-bond donors (Lipinski definition) is 0. The summed E-state index contributed by atoms with van der Waals surface area (Å²) in [6, 6.07) is 0. The normalized spacial score (nSPS) is 12.2. The first-order valence-electron chi connectivity index (χ1n) is 4.94. The van der Waals surface area contributed by atoms with E-state index in [1.165, 1.54) is 0 Å². The molecule has 1 unspecified atom stereocenters. The Morgan fingerprint density at radius 2 is 2.00 bits per heavy atom. The number of unbranched alkanes of at least 4 members (excludes halogenated alkanes) is 1. The molecule has 4 heteroatoms. The highest BCUT2D eigenvalue weighted by molar-refractivity contribution is 6.31. The van der Waals surface area contributed by atoms with Gasteiger partial charge in [-0.1, -0.05) is 13.3 Å². The fourth-order valence-corrected chi connectivity index (χ4v) is 1.23. The summed E-state index contributed by atoms with van der Waals surface area (Å²) in [5, 5.41) is -0.820. The van der Waals surface area contributed by atoms with Gasteiger partial charge in [0.1, 0.15) is 11.2 Å². The maximum Gasteiger partial charge on any atom is 0.324 e. The Labute approximate surface area is 89.8 Å². The molecular formula is C10H17ClO3. The second kappa shape index (κ2) is 7.80. The molecule has 1 atom stereocenters. The smallest absolute Gasteiger partial charge is 0.324 e. The fraction of sp³-hybridized carbons (Fsp3) is 0.800. The molecule has 0 aromatic carbocycles. The lowest BCUT2D eigenvalue weighted by Crippen LogP contribution is -2.21. The van der Waals surface area contributed by atoms with E-state index in [2.05, 4.69) is 4.74 Å². The molecule has 0 saturated heterocycles. The zero-order valence-electron chi connectivity index (χ0n) is 8.72. The minimum Gasteiger partial charge on any atom is -0.465 e. The predicted molar refractivity (Wildman–Crippen MR) is 55.4 cm³/mol. The molecule has 0 amide bonds. The van der Waals surface area contributed by atoms with E-state index >= 15 is 0 Å². The van der Waals surface area contributed by atoms with Crippen molar-refractivity contribution >= 4 is 23.4 Å². The summed E-state index contributed by atoms with van der Waals surface area (Å²) in [5.41, 5.74) is 0. The van der Waals surface area contributed by atoms with Gasteiger partial charge in [-0.05, 0) is 13.3 Å². The van der Waals surface area contributed by atoms with E-state index in [1.807, 2.05) is 6.92 Å². The van der Waals surface area contributed by atoms with Gasteiger partial charge in [-0.25, -0.2) is 0 Å². The molecule has 82 valence electrons. The van der Waals surface area contributed by atoms with Crippen molar-refractivity contribution in [2.45, 2.75) is 44.9 Å². The number of rotatable bonds is 7. The number of esters is 1. The lowest BCUT2D eigenvalue weighted by molar-refractivity contribution is -0.143. The Balaban J connectivity index is 3.75. The van der Waals surface area contributed by atoms with E-state index in [9.17, 15) is 9.59 Å². The number of Topliss-reactive ketones (excluding diaryl/α,β-unsaturated/α-hetero) is 1. The highest BCUT2D eigenvalue weighted by Gasteiger charge is 2.19. The zero-order chi connectivity index (χ0) is 11.0. The van der Waals surface area contributed by atoms with E-state index in [-0.39, 0.29) is 12.2 Å². The first kappa shape index (κ1) is 13.4. The van der Waals surface area contributed by atoms with Crippen LogP contribution in [-0.4, -0.2) is 23.7 Å². The number of ether oxygens (including phenoxy) is 1. The lowest BCUT2D eigenvalue weighted by atomic mass is 10.1. The van der Waals surface area contributed by atoms with Gasteiger partial charge >= 0.3 is 5.97 Å². The average molecular weight is 221 g/mol. The Hall–Kier alpha value is -0.570. The van der Waals surface area contributed by atoms with Crippen LogP contribution in [0.1, 0.15) is 39.5 Å². The van der Waals surface area contributed by atoms with E-state index < -0.39 is 11.3 Å². The second-order valence-corrected chi connectivity index (χ2v) is 3.59. The summed E-state index contributed by atoms with van der Waals surface area (Å²) in [4.78, 5) is 22.3. The number of carbonyl (C=O) groups excluding carboxylic acids is 2. The van der Waals surface area contributed by atoms with Gasteiger partial charge in [0.2, 0.25) is 0 Å². The van der Waals surface area contributed by atoms with Crippen LogP contribution in [0.5, 0.6) is 0 Å². The van der Waals surface area contributed by atoms with Crippen LogP contribution in [0, 0.1) is 0 Å². The molecule has 0 aliphatic heterocycles. The molecule has 0 spiro atoms. The maximum absolute atomic E-state index is 11.2. The molecule has 0 heterocycles. The van der Waals surface area contributed by atoms with Crippen LogP contribution < -0.4 is 0 Å². The van der Waals surface area contributed by atoms with Gasteiger partial charge in [0, 0.05) is 12.8 Å². The molecular weight excluding hydrogens is 204 g/mol. The SMILES string of the molecule is CCCCC(=O)CC(Cl)C(=O)OCC. The van der Waals surface area contributed by atoms with Gasteiger partial charge in [-0.3, -0.25) is 9.59 Å². The second-order valence-electron chi connectivity index (χ2n) is 3.07. The molecule has 0 fully saturated rings. The Morgan fingerprint density at radius 3 is 2.50 bits per heavy atom. The molecule has 0 bridgehead atoms. The number of alkyl halides is 1. The Kier molecular flexibility index (Phi) is 7.48. The minimum absolute atomic E-state index is 0.0277. The quantitative estimate of drug-likeness (QED) is 0.489. The molecule has 0 radical (unpaired) electrons. The highest BCUT2D eigenvalue weighted by Crippen LogP contribution is 2.08. The van der Waals surface area contributed by atoms with Crippen LogP contribution in [0.4, 0.5) is 0 Å². The van der Waals surface area contributed by atoms with Crippen LogP contribution >= 0.6 is 11.6 Å². The third-order valence-electron chi connectivity index (χ3n) is 1.76. The third-order valence-corrected chi connectivity index (χ3v) is 2.09. The van der Waals surface area contributed by atoms with Crippen LogP contribution in [0.25, 0.3) is 0 Å². The summed E-state index contributed by atoms with van der Waals surface area (Å²) in [6.07, 6.45) is 2.41. The van der Waals surface area contributed by atoms with Gasteiger partial charge in [0.25, 0.3) is 0 Å². The van der Waals surface area contributed by atoms with Crippen molar-refractivity contribution in [1.82, 2.24) is 0 Å².